The number of rotatable bonds is 1. The number of ketones is 1. The topological polar surface area (TPSA) is 17.1 Å². The molecule has 0 aliphatic heterocycles. The van der Waals surface area contributed by atoms with Crippen LogP contribution in [0.25, 0.3) is 0 Å². The molecule has 0 unspecified atom stereocenters. The second-order valence-corrected chi connectivity index (χ2v) is 11.8. The lowest BCUT2D eigenvalue weighted by atomic mass is 9.67. The second-order valence-electron chi connectivity index (χ2n) is 6.79. The Morgan fingerprint density at radius 3 is 2.56 bits per heavy atom. The summed E-state index contributed by atoms with van der Waals surface area (Å²) in [7, 11) is -1.19. The first-order valence-electron chi connectivity index (χ1n) is 6.59. The van der Waals surface area contributed by atoms with Gasteiger partial charge in [-0.2, -0.15) is 0 Å². The smallest absolute Gasteiger partial charge is 0.143 e. The van der Waals surface area contributed by atoms with Gasteiger partial charge in [0.25, 0.3) is 0 Å². The van der Waals surface area contributed by atoms with Gasteiger partial charge in [0, 0.05) is 11.8 Å². The molecule has 0 bridgehead atoms. The number of allylic oxidation sites excluding steroid dienone is 1. The van der Waals surface area contributed by atoms with Crippen LogP contribution in [0.4, 0.5) is 0 Å². The highest BCUT2D eigenvalue weighted by atomic mass is 28.3. The van der Waals surface area contributed by atoms with Crippen molar-refractivity contribution < 1.29 is 4.79 Å². The fourth-order valence-electron chi connectivity index (χ4n) is 3.49. The van der Waals surface area contributed by atoms with E-state index in [1.807, 2.05) is 0 Å². The van der Waals surface area contributed by atoms with E-state index in [0.29, 0.717) is 11.7 Å². The number of carbonyl (C=O) groups excluding carboxylic acids is 1. The number of hydrogen-bond acceptors (Lipinski definition) is 1. The van der Waals surface area contributed by atoms with Crippen LogP contribution in [0.3, 0.4) is 0 Å². The average molecular weight is 236 g/mol. The molecule has 2 aliphatic rings. The van der Waals surface area contributed by atoms with Crippen LogP contribution in [0.15, 0.2) is 11.3 Å². The minimum absolute atomic E-state index is 0.0709. The summed E-state index contributed by atoms with van der Waals surface area (Å²) < 4.78 is 0. The van der Waals surface area contributed by atoms with E-state index < -0.39 is 8.07 Å². The summed E-state index contributed by atoms with van der Waals surface area (Å²) >= 11 is 0. The Bertz CT molecular complexity index is 337. The molecule has 2 rings (SSSR count). The number of fused-ring (bicyclic) bond motifs is 1. The molecule has 0 amide bonds. The first kappa shape index (κ1) is 12.1. The van der Waals surface area contributed by atoms with Gasteiger partial charge in [-0.1, -0.05) is 30.9 Å². The van der Waals surface area contributed by atoms with E-state index in [0.717, 1.165) is 12.8 Å². The van der Waals surface area contributed by atoms with Gasteiger partial charge < -0.3 is 0 Å². The molecule has 0 radical (unpaired) electrons. The van der Waals surface area contributed by atoms with E-state index in [2.05, 4.69) is 32.3 Å². The fraction of sp³-hybridized carbons (Fsp3) is 0.786. The molecule has 2 aliphatic carbocycles. The minimum atomic E-state index is -1.19. The number of carbonyl (C=O) groups is 1. The van der Waals surface area contributed by atoms with Crippen LogP contribution < -0.4 is 0 Å². The van der Waals surface area contributed by atoms with Crippen LogP contribution in [0.2, 0.25) is 19.6 Å². The predicted molar refractivity (Wildman–Crippen MR) is 71.1 cm³/mol. The van der Waals surface area contributed by atoms with Crippen molar-refractivity contribution in [2.75, 3.05) is 0 Å². The van der Waals surface area contributed by atoms with Crippen molar-refractivity contribution in [1.82, 2.24) is 0 Å². The molecule has 2 saturated carbocycles. The van der Waals surface area contributed by atoms with Crippen molar-refractivity contribution in [1.29, 1.82) is 0 Å². The van der Waals surface area contributed by atoms with Crippen LogP contribution >= 0.6 is 0 Å². The quantitative estimate of drug-likeness (QED) is 0.630. The highest BCUT2D eigenvalue weighted by Gasteiger charge is 2.49. The SMILES string of the molecule is C[C@]12C(=O)CCC[C@H]1CC/C2=C\[Si](C)(C)C. The summed E-state index contributed by atoms with van der Waals surface area (Å²) in [6.07, 6.45) is 5.64. The molecule has 2 fully saturated rings. The van der Waals surface area contributed by atoms with E-state index in [1.54, 1.807) is 0 Å². The largest absolute Gasteiger partial charge is 0.299 e. The van der Waals surface area contributed by atoms with Crippen molar-refractivity contribution in [3.8, 4) is 0 Å². The highest BCUT2D eigenvalue weighted by molar-refractivity contribution is 6.81. The van der Waals surface area contributed by atoms with Crippen LogP contribution in [0.1, 0.15) is 39.0 Å². The van der Waals surface area contributed by atoms with Crippen molar-refractivity contribution in [3.05, 3.63) is 11.3 Å². The summed E-state index contributed by atoms with van der Waals surface area (Å²) in [5, 5.41) is 0. The van der Waals surface area contributed by atoms with Gasteiger partial charge in [0.05, 0.1) is 8.07 Å². The Balaban J connectivity index is 2.36. The van der Waals surface area contributed by atoms with Crippen molar-refractivity contribution in [2.24, 2.45) is 11.3 Å². The van der Waals surface area contributed by atoms with Gasteiger partial charge in [-0.15, -0.1) is 0 Å². The van der Waals surface area contributed by atoms with E-state index in [-0.39, 0.29) is 5.41 Å². The molecule has 1 nitrogen and oxygen atoms in total. The third kappa shape index (κ3) is 1.92. The molecule has 0 spiro atoms. The highest BCUT2D eigenvalue weighted by Crippen LogP contribution is 2.53. The first-order chi connectivity index (χ1) is 7.34. The molecule has 0 aromatic heterocycles. The molecule has 0 aromatic rings. The van der Waals surface area contributed by atoms with Gasteiger partial charge >= 0.3 is 0 Å². The molecule has 0 aromatic carbocycles. The van der Waals surface area contributed by atoms with Crippen LogP contribution in [0.5, 0.6) is 0 Å². The lowest BCUT2D eigenvalue weighted by Crippen LogP contribution is -2.37. The molecule has 0 heterocycles. The molecule has 2 atom stereocenters. The van der Waals surface area contributed by atoms with Crippen molar-refractivity contribution >= 4 is 13.9 Å². The van der Waals surface area contributed by atoms with Gasteiger partial charge in [0.2, 0.25) is 0 Å². The first-order valence-corrected chi connectivity index (χ1v) is 10.2. The fourth-order valence-corrected chi connectivity index (χ4v) is 4.98. The minimum Gasteiger partial charge on any atom is -0.299 e. The van der Waals surface area contributed by atoms with Gasteiger partial charge in [0.15, 0.2) is 0 Å². The standard InChI is InChI=1S/C14H24OSi/c1-14-11(6-5-7-13(14)15)8-9-12(14)10-16(2,3)4/h10-11H,5-9H2,1-4H3/b12-10+/t11-,14-/m0/s1. The third-order valence-corrected chi connectivity index (χ3v) is 5.60. The second kappa shape index (κ2) is 3.83. The van der Waals surface area contributed by atoms with Gasteiger partial charge in [-0.3, -0.25) is 4.79 Å². The Kier molecular flexibility index (Phi) is 2.90. The predicted octanol–water partition coefficient (Wildman–Crippen LogP) is 3.96. The Labute approximate surface area is 100 Å². The third-order valence-electron chi connectivity index (χ3n) is 4.39. The normalized spacial score (nSPS) is 37.9. The van der Waals surface area contributed by atoms with Crippen LogP contribution in [-0.4, -0.2) is 13.9 Å². The molecule has 0 saturated heterocycles. The number of Topliss-reactive ketones (excluding diaryl/α,β-unsaturated/α-hetero) is 1. The Morgan fingerprint density at radius 1 is 1.25 bits per heavy atom. The zero-order valence-corrected chi connectivity index (χ0v) is 12.1. The van der Waals surface area contributed by atoms with E-state index in [1.165, 1.54) is 24.8 Å². The van der Waals surface area contributed by atoms with Crippen molar-refractivity contribution in [2.45, 2.75) is 58.7 Å². The van der Waals surface area contributed by atoms with E-state index in [9.17, 15) is 4.79 Å². The summed E-state index contributed by atoms with van der Waals surface area (Å²) in [5.74, 6) is 1.17. The summed E-state index contributed by atoms with van der Waals surface area (Å²) in [6, 6.07) is 0. The van der Waals surface area contributed by atoms with E-state index >= 15 is 0 Å². The molecule has 2 heteroatoms. The number of hydrogen-bond donors (Lipinski definition) is 0. The van der Waals surface area contributed by atoms with Crippen molar-refractivity contribution in [3.63, 3.8) is 0 Å². The Morgan fingerprint density at radius 2 is 1.94 bits per heavy atom. The monoisotopic (exact) mass is 236 g/mol. The van der Waals surface area contributed by atoms with Gasteiger partial charge in [-0.25, -0.2) is 0 Å². The van der Waals surface area contributed by atoms with Gasteiger partial charge in [-0.05, 0) is 38.5 Å². The summed E-state index contributed by atoms with van der Waals surface area (Å²) in [5.41, 5.74) is 3.91. The maximum atomic E-state index is 12.3. The van der Waals surface area contributed by atoms with Crippen LogP contribution in [0, 0.1) is 11.3 Å². The molecule has 0 N–H and O–H groups in total. The molecular weight excluding hydrogens is 212 g/mol. The average Bonchev–Trinajstić information content (AvgIpc) is 2.45. The maximum Gasteiger partial charge on any atom is 0.143 e. The lowest BCUT2D eigenvalue weighted by Gasteiger charge is -2.36. The molecule has 16 heavy (non-hydrogen) atoms. The Hall–Kier alpha value is -0.373. The summed E-state index contributed by atoms with van der Waals surface area (Å²) in [4.78, 5) is 12.3. The van der Waals surface area contributed by atoms with Gasteiger partial charge in [0.1, 0.15) is 5.78 Å². The maximum absolute atomic E-state index is 12.3. The lowest BCUT2D eigenvalue weighted by molar-refractivity contribution is -0.130. The molecular formula is C14H24OSi. The summed E-state index contributed by atoms with van der Waals surface area (Å²) in [6.45, 7) is 9.32. The zero-order valence-electron chi connectivity index (χ0n) is 11.1. The zero-order chi connectivity index (χ0) is 12.0. The van der Waals surface area contributed by atoms with E-state index in [4.69, 9.17) is 0 Å². The molecule has 90 valence electrons. The van der Waals surface area contributed by atoms with Crippen LogP contribution in [-0.2, 0) is 4.79 Å².